The van der Waals surface area contributed by atoms with E-state index in [0.29, 0.717) is 0 Å². The van der Waals surface area contributed by atoms with E-state index in [-0.39, 0.29) is 11.3 Å². The Morgan fingerprint density at radius 1 is 0.833 bits per heavy atom. The lowest BCUT2D eigenvalue weighted by molar-refractivity contribution is -0.277. The zero-order valence-corrected chi connectivity index (χ0v) is 21.4. The Hall–Kier alpha value is -3.71. The van der Waals surface area contributed by atoms with Crippen LogP contribution in [0.5, 0.6) is 28.7 Å². The number of aromatic hydroxyl groups is 3. The molecule has 3 aromatic rings. The Bertz CT molecular complexity index is 1490. The molecule has 2 aliphatic heterocycles. The molecule has 2 aromatic carbocycles. The molecule has 2 aliphatic rings. The van der Waals surface area contributed by atoms with Crippen LogP contribution in [-0.2, 0) is 9.47 Å². The van der Waals surface area contributed by atoms with E-state index in [4.69, 9.17) is 23.4 Å². The van der Waals surface area contributed by atoms with Crippen LogP contribution in [0.1, 0.15) is 0 Å². The highest BCUT2D eigenvalue weighted by Gasteiger charge is 2.45. The van der Waals surface area contributed by atoms with Gasteiger partial charge in [0.25, 0.3) is 0 Å². The highest BCUT2D eigenvalue weighted by Crippen LogP contribution is 2.44. The number of aliphatic hydroxyl groups excluding tert-OH is 7. The molecule has 0 unspecified atom stereocenters. The second-order valence-corrected chi connectivity index (χ2v) is 9.77. The Kier molecular flexibility index (Phi) is 8.17. The van der Waals surface area contributed by atoms with Crippen molar-refractivity contribution >= 4 is 11.0 Å². The number of hydrogen-bond donors (Lipinski definition) is 10. The van der Waals surface area contributed by atoms with Gasteiger partial charge in [0.15, 0.2) is 17.1 Å². The zero-order chi connectivity index (χ0) is 30.5. The van der Waals surface area contributed by atoms with Gasteiger partial charge in [0, 0.05) is 11.6 Å². The largest absolute Gasteiger partial charge is 0.508 e. The van der Waals surface area contributed by atoms with Gasteiger partial charge in [0.1, 0.15) is 59.6 Å². The summed E-state index contributed by atoms with van der Waals surface area (Å²) in [4.78, 5) is 13.7. The molecule has 42 heavy (non-hydrogen) atoms. The summed E-state index contributed by atoms with van der Waals surface area (Å²) in [5.41, 5.74) is -1.66. The van der Waals surface area contributed by atoms with E-state index < -0.39 is 114 Å². The quantitative estimate of drug-likeness (QED) is 0.133. The summed E-state index contributed by atoms with van der Waals surface area (Å²) in [6.07, 6.45) is -15.1. The molecule has 2 saturated heterocycles. The number of phenols is 3. The molecule has 2 fully saturated rings. The van der Waals surface area contributed by atoms with Crippen molar-refractivity contribution in [2.75, 3.05) is 13.2 Å². The summed E-state index contributed by atoms with van der Waals surface area (Å²) in [6.45, 7) is -1.21. The van der Waals surface area contributed by atoms with Gasteiger partial charge in [0.2, 0.25) is 29.5 Å². The van der Waals surface area contributed by atoms with E-state index in [2.05, 4.69) is 0 Å². The number of phenolic OH excluding ortho intramolecular Hbond substituents is 3. The van der Waals surface area contributed by atoms with E-state index in [1.165, 1.54) is 24.3 Å². The molecular formula is C26H28O16. The fraction of sp³-hybridized carbons (Fsp3) is 0.423. The summed E-state index contributed by atoms with van der Waals surface area (Å²) in [7, 11) is 0. The van der Waals surface area contributed by atoms with E-state index >= 15 is 0 Å². The topological polar surface area (TPSA) is 269 Å². The van der Waals surface area contributed by atoms with E-state index in [1.54, 1.807) is 0 Å². The predicted molar refractivity (Wildman–Crippen MR) is 136 cm³/mol. The summed E-state index contributed by atoms with van der Waals surface area (Å²) < 4.78 is 27.3. The molecule has 228 valence electrons. The van der Waals surface area contributed by atoms with E-state index in [0.717, 1.165) is 6.07 Å². The SMILES string of the molecule is O=c1c(O[C@@H]2O[C@H](CO)[C@@H](O)[C@H](O)[C@H]2O)c(-c2ccc(O)cc2)oc2c(O)c(O[C@@H]3OC[C@@H](O)[C@H](O)[C@H]3O)cc(O)c12. The third-order valence-electron chi connectivity index (χ3n) is 6.95. The number of rotatable bonds is 6. The normalized spacial score (nSPS) is 31.6. The Morgan fingerprint density at radius 2 is 1.50 bits per heavy atom. The van der Waals surface area contributed by atoms with Crippen LogP contribution in [0.4, 0.5) is 0 Å². The Balaban J connectivity index is 1.62. The molecule has 9 atom stereocenters. The second-order valence-electron chi connectivity index (χ2n) is 9.77. The lowest BCUT2D eigenvalue weighted by atomic mass is 9.99. The lowest BCUT2D eigenvalue weighted by Gasteiger charge is -2.39. The highest BCUT2D eigenvalue weighted by molar-refractivity contribution is 5.93. The maximum absolute atomic E-state index is 13.7. The third kappa shape index (κ3) is 5.19. The third-order valence-corrected chi connectivity index (χ3v) is 6.95. The number of fused-ring (bicyclic) bond motifs is 1. The molecule has 10 N–H and O–H groups in total. The minimum Gasteiger partial charge on any atom is -0.508 e. The average molecular weight is 596 g/mol. The molecule has 0 spiro atoms. The van der Waals surface area contributed by atoms with Crippen LogP contribution in [0.25, 0.3) is 22.3 Å². The van der Waals surface area contributed by atoms with Crippen molar-refractivity contribution in [2.24, 2.45) is 0 Å². The number of aliphatic hydroxyl groups is 7. The first kappa shape index (κ1) is 29.8. The predicted octanol–water partition coefficient (Wildman–Crippen LogP) is -2.43. The van der Waals surface area contributed by atoms with Crippen LogP contribution in [-0.4, -0.2) is 120 Å². The minimum atomic E-state index is -1.92. The summed E-state index contributed by atoms with van der Waals surface area (Å²) in [5, 5.41) is 101. The summed E-state index contributed by atoms with van der Waals surface area (Å²) in [5.74, 6) is -3.47. The molecule has 0 radical (unpaired) electrons. The van der Waals surface area contributed by atoms with Gasteiger partial charge in [-0.15, -0.1) is 0 Å². The molecule has 0 aliphatic carbocycles. The number of ether oxygens (including phenoxy) is 4. The molecule has 3 heterocycles. The van der Waals surface area contributed by atoms with Crippen molar-refractivity contribution < 1.29 is 74.4 Å². The van der Waals surface area contributed by atoms with Crippen LogP contribution in [0.3, 0.4) is 0 Å². The Morgan fingerprint density at radius 3 is 2.17 bits per heavy atom. The van der Waals surface area contributed by atoms with Gasteiger partial charge in [-0.25, -0.2) is 0 Å². The molecule has 0 bridgehead atoms. The van der Waals surface area contributed by atoms with Crippen LogP contribution >= 0.6 is 0 Å². The lowest BCUT2D eigenvalue weighted by Crippen LogP contribution is -2.60. The van der Waals surface area contributed by atoms with Crippen molar-refractivity contribution in [3.63, 3.8) is 0 Å². The van der Waals surface area contributed by atoms with Crippen molar-refractivity contribution in [2.45, 2.75) is 55.3 Å². The molecule has 5 rings (SSSR count). The highest BCUT2D eigenvalue weighted by atomic mass is 16.7. The Labute approximate surface area is 235 Å². The van der Waals surface area contributed by atoms with E-state index in [9.17, 15) is 55.9 Å². The van der Waals surface area contributed by atoms with Gasteiger partial charge in [-0.3, -0.25) is 4.79 Å². The molecule has 0 saturated carbocycles. The molecule has 16 heteroatoms. The average Bonchev–Trinajstić information content (AvgIpc) is 2.97. The molecule has 16 nitrogen and oxygen atoms in total. The van der Waals surface area contributed by atoms with Gasteiger partial charge >= 0.3 is 0 Å². The zero-order valence-electron chi connectivity index (χ0n) is 21.4. The van der Waals surface area contributed by atoms with Gasteiger partial charge in [-0.2, -0.15) is 0 Å². The maximum atomic E-state index is 13.7. The number of benzene rings is 2. The van der Waals surface area contributed by atoms with Gasteiger partial charge in [-0.05, 0) is 24.3 Å². The summed E-state index contributed by atoms with van der Waals surface area (Å²) in [6, 6.07) is 5.86. The van der Waals surface area contributed by atoms with Crippen molar-refractivity contribution in [1.29, 1.82) is 0 Å². The molecule has 0 amide bonds. The second kappa shape index (κ2) is 11.5. The molecular weight excluding hydrogens is 568 g/mol. The van der Waals surface area contributed by atoms with Crippen LogP contribution in [0, 0.1) is 0 Å². The smallest absolute Gasteiger partial charge is 0.239 e. The molecule has 1 aromatic heterocycles. The van der Waals surface area contributed by atoms with Gasteiger partial charge < -0.3 is 74.4 Å². The van der Waals surface area contributed by atoms with Gasteiger partial charge in [0.05, 0.1) is 13.2 Å². The fourth-order valence-electron chi connectivity index (χ4n) is 4.58. The monoisotopic (exact) mass is 596 g/mol. The standard InChI is InChI=1S/C26H28O16/c27-6-13-16(32)19(35)21(37)26(40-13)42-24-18(34)14-10(29)5-12(39-25-20(36)15(31)11(30)7-38-25)17(33)23(14)41-22(24)8-1-3-9(28)4-2-8/h1-5,11,13,15-16,19-21,25-33,35-37H,6-7H2/t11-,13-,15+,16-,19+,20-,21-,25+,26+/m1/s1. The fourth-order valence-corrected chi connectivity index (χ4v) is 4.58. The van der Waals surface area contributed by atoms with Crippen molar-refractivity contribution in [3.8, 4) is 40.1 Å². The first-order valence-electron chi connectivity index (χ1n) is 12.6. The van der Waals surface area contributed by atoms with Gasteiger partial charge in [-0.1, -0.05) is 0 Å². The number of hydrogen-bond acceptors (Lipinski definition) is 16. The first-order chi connectivity index (χ1) is 19.9. The van der Waals surface area contributed by atoms with Crippen LogP contribution in [0.2, 0.25) is 0 Å². The van der Waals surface area contributed by atoms with E-state index in [1.807, 2.05) is 0 Å². The van der Waals surface area contributed by atoms with Crippen molar-refractivity contribution in [1.82, 2.24) is 0 Å². The first-order valence-corrected chi connectivity index (χ1v) is 12.6. The maximum Gasteiger partial charge on any atom is 0.239 e. The van der Waals surface area contributed by atoms with Crippen LogP contribution in [0.15, 0.2) is 39.5 Å². The minimum absolute atomic E-state index is 0.0831. The van der Waals surface area contributed by atoms with Crippen molar-refractivity contribution in [3.05, 3.63) is 40.6 Å². The van der Waals surface area contributed by atoms with Crippen LogP contribution < -0.4 is 14.9 Å². The summed E-state index contributed by atoms with van der Waals surface area (Å²) >= 11 is 0.